The van der Waals surface area contributed by atoms with Crippen molar-refractivity contribution in [3.05, 3.63) is 51.1 Å². The zero-order valence-corrected chi connectivity index (χ0v) is 20.7. The fourth-order valence-corrected chi connectivity index (χ4v) is 4.41. The van der Waals surface area contributed by atoms with Gasteiger partial charge in [-0.05, 0) is 50.8 Å². The normalized spacial score (nSPS) is 14.1. The van der Waals surface area contributed by atoms with E-state index in [1.165, 1.54) is 26.4 Å². The van der Waals surface area contributed by atoms with E-state index in [1.54, 1.807) is 6.07 Å². The number of hydrogen-bond acceptors (Lipinski definition) is 9. The minimum Gasteiger partial charge on any atom is -0.494 e. The minimum atomic E-state index is -0.844. The van der Waals surface area contributed by atoms with Crippen LogP contribution in [0.3, 0.4) is 0 Å². The number of non-ortho nitro benzene ring substituents is 1. The summed E-state index contributed by atoms with van der Waals surface area (Å²) in [5, 5.41) is 41.5. The van der Waals surface area contributed by atoms with E-state index in [4.69, 9.17) is 14.6 Å². The molecule has 0 radical (unpaired) electrons. The zero-order valence-electron chi connectivity index (χ0n) is 20.7. The topological polar surface area (TPSA) is 159 Å². The van der Waals surface area contributed by atoms with Crippen LogP contribution in [-0.4, -0.2) is 35.8 Å². The summed E-state index contributed by atoms with van der Waals surface area (Å²) in [6, 6.07) is 7.43. The Hall–Kier alpha value is -4.46. The van der Waals surface area contributed by atoms with Crippen LogP contribution in [0.5, 0.6) is 11.5 Å². The summed E-state index contributed by atoms with van der Waals surface area (Å²) < 4.78 is 11.3. The highest BCUT2D eigenvalue weighted by atomic mass is 16.6. The second-order valence-corrected chi connectivity index (χ2v) is 8.75. The van der Waals surface area contributed by atoms with Crippen molar-refractivity contribution >= 4 is 34.3 Å². The van der Waals surface area contributed by atoms with Crippen LogP contribution in [0, 0.1) is 21.4 Å². The first kappa shape index (κ1) is 26.2. The number of fused-ring (bicyclic) bond motifs is 1. The number of allylic oxidation sites excluding steroid dienone is 1. The van der Waals surface area contributed by atoms with E-state index in [0.29, 0.717) is 24.3 Å². The molecule has 0 unspecified atom stereocenters. The van der Waals surface area contributed by atoms with Crippen molar-refractivity contribution in [1.82, 2.24) is 0 Å². The molecule has 2 aromatic carbocycles. The first-order valence-corrected chi connectivity index (χ1v) is 11.1. The fourth-order valence-electron chi connectivity index (χ4n) is 4.41. The highest BCUT2D eigenvalue weighted by molar-refractivity contribution is 5.91. The van der Waals surface area contributed by atoms with Crippen LogP contribution in [0.4, 0.5) is 22.7 Å². The Labute approximate surface area is 208 Å². The second kappa shape index (κ2) is 10.4. The van der Waals surface area contributed by atoms with Gasteiger partial charge in [-0.1, -0.05) is 0 Å². The zero-order chi connectivity index (χ0) is 26.6. The molecule has 11 nitrogen and oxygen atoms in total. The van der Waals surface area contributed by atoms with Crippen molar-refractivity contribution in [3.63, 3.8) is 0 Å². The molecule has 3 rings (SSSR count). The lowest BCUT2D eigenvalue weighted by Crippen LogP contribution is -2.37. The van der Waals surface area contributed by atoms with Gasteiger partial charge >= 0.3 is 5.97 Å². The van der Waals surface area contributed by atoms with Gasteiger partial charge in [-0.2, -0.15) is 5.26 Å². The summed E-state index contributed by atoms with van der Waals surface area (Å²) >= 11 is 0. The summed E-state index contributed by atoms with van der Waals surface area (Å²) in [6.45, 7) is 6.01. The van der Waals surface area contributed by atoms with Gasteiger partial charge in [0.2, 0.25) is 0 Å². The van der Waals surface area contributed by atoms with Gasteiger partial charge in [0.05, 0.1) is 30.2 Å². The molecule has 36 heavy (non-hydrogen) atoms. The molecule has 1 aliphatic heterocycles. The van der Waals surface area contributed by atoms with Gasteiger partial charge in [0.25, 0.3) is 5.69 Å². The van der Waals surface area contributed by atoms with Crippen molar-refractivity contribution in [2.24, 2.45) is 10.2 Å². The first-order valence-electron chi connectivity index (χ1n) is 11.1. The number of nitro benzene ring substituents is 1. The number of nitrogens with one attached hydrogen (secondary N) is 1. The number of azo groups is 1. The predicted molar refractivity (Wildman–Crippen MR) is 133 cm³/mol. The Morgan fingerprint density at radius 3 is 2.56 bits per heavy atom. The number of benzene rings is 2. The molecule has 2 aromatic rings. The van der Waals surface area contributed by atoms with E-state index < -0.39 is 16.4 Å². The summed E-state index contributed by atoms with van der Waals surface area (Å²) in [5.74, 6) is -0.0758. The van der Waals surface area contributed by atoms with Crippen LogP contribution < -0.4 is 14.8 Å². The molecule has 0 saturated carbocycles. The number of ether oxygens (including phenoxy) is 2. The molecule has 188 valence electrons. The molecule has 0 aromatic heterocycles. The minimum absolute atomic E-state index is 0.00375. The number of carbonyl (C=O) groups is 1. The maximum atomic E-state index is 11.0. The summed E-state index contributed by atoms with van der Waals surface area (Å²) in [4.78, 5) is 21.5. The Balaban J connectivity index is 2.15. The molecule has 1 aliphatic rings. The average Bonchev–Trinajstić information content (AvgIpc) is 2.83. The Morgan fingerprint density at radius 2 is 1.97 bits per heavy atom. The molecule has 11 heteroatoms. The van der Waals surface area contributed by atoms with Gasteiger partial charge in [-0.15, -0.1) is 10.2 Å². The molecule has 0 aliphatic carbocycles. The summed E-state index contributed by atoms with van der Waals surface area (Å²) in [7, 11) is 2.98. The molecule has 2 N–H and O–H groups in total. The van der Waals surface area contributed by atoms with Crippen LogP contribution in [0.25, 0.3) is 5.57 Å². The van der Waals surface area contributed by atoms with Crippen molar-refractivity contribution in [1.29, 1.82) is 5.26 Å². The largest absolute Gasteiger partial charge is 0.494 e. The molecule has 0 fully saturated rings. The number of aliphatic carboxylic acids is 1. The summed E-state index contributed by atoms with van der Waals surface area (Å²) in [6.07, 6.45) is 1.14. The number of methoxy groups -OCH3 is 2. The van der Waals surface area contributed by atoms with E-state index >= 15 is 0 Å². The number of rotatable bonds is 9. The van der Waals surface area contributed by atoms with Crippen LogP contribution in [-0.2, 0) is 4.79 Å². The van der Waals surface area contributed by atoms with Crippen LogP contribution >= 0.6 is 0 Å². The van der Waals surface area contributed by atoms with Crippen LogP contribution in [0.1, 0.15) is 51.2 Å². The van der Waals surface area contributed by atoms with Gasteiger partial charge in [0, 0.05) is 35.9 Å². The number of nitriles is 1. The SMILES string of the molecule is COc1cc2c(c(OC)c1/N=N/c1ccc([N+](=O)[O-])cc1C#N)C(C)=C(CCCC(=O)O)C(C)(C)N2. The molecule has 0 amide bonds. The number of nitrogens with zero attached hydrogens (tertiary/aromatic N) is 4. The van der Waals surface area contributed by atoms with Gasteiger partial charge in [-0.25, -0.2) is 0 Å². The quantitative estimate of drug-likeness (QED) is 0.239. The van der Waals surface area contributed by atoms with E-state index in [-0.39, 0.29) is 29.0 Å². The lowest BCUT2D eigenvalue weighted by molar-refractivity contribution is -0.384. The maximum absolute atomic E-state index is 11.0. The lowest BCUT2D eigenvalue weighted by Gasteiger charge is -2.38. The molecular formula is C25H27N5O6. The number of hydrogen-bond donors (Lipinski definition) is 2. The van der Waals surface area contributed by atoms with Crippen molar-refractivity contribution in [2.75, 3.05) is 19.5 Å². The Morgan fingerprint density at radius 1 is 1.25 bits per heavy atom. The van der Waals surface area contributed by atoms with E-state index in [9.17, 15) is 20.2 Å². The highest BCUT2D eigenvalue weighted by Crippen LogP contribution is 2.52. The van der Waals surface area contributed by atoms with Gasteiger partial charge in [0.15, 0.2) is 17.2 Å². The van der Waals surface area contributed by atoms with Gasteiger partial charge in [0.1, 0.15) is 11.8 Å². The van der Waals surface area contributed by atoms with E-state index in [1.807, 2.05) is 26.8 Å². The number of anilines is 1. The van der Waals surface area contributed by atoms with Crippen molar-refractivity contribution < 1.29 is 24.3 Å². The first-order chi connectivity index (χ1) is 17.0. The molecule has 0 saturated heterocycles. The third kappa shape index (κ3) is 5.12. The average molecular weight is 494 g/mol. The lowest BCUT2D eigenvalue weighted by atomic mass is 9.80. The molecule has 0 atom stereocenters. The smallest absolute Gasteiger partial charge is 0.303 e. The second-order valence-electron chi connectivity index (χ2n) is 8.75. The van der Waals surface area contributed by atoms with E-state index in [2.05, 4.69) is 15.5 Å². The third-order valence-corrected chi connectivity index (χ3v) is 6.06. The fraction of sp³-hybridized carbons (Fsp3) is 0.360. The number of carboxylic acid groups (broad SMARTS) is 1. The number of nitro groups is 1. The van der Waals surface area contributed by atoms with Gasteiger partial charge < -0.3 is 19.9 Å². The van der Waals surface area contributed by atoms with Gasteiger partial charge in [-0.3, -0.25) is 14.9 Å². The monoisotopic (exact) mass is 493 g/mol. The van der Waals surface area contributed by atoms with Crippen molar-refractivity contribution in [2.45, 2.75) is 45.6 Å². The van der Waals surface area contributed by atoms with Crippen LogP contribution in [0.2, 0.25) is 0 Å². The standard InChI is InChI=1S/C25H27N5O6/c1-14-17(7-6-8-21(31)32)25(2,3)27-19-12-20(35-4)23(24(36-5)22(14)19)29-28-18-10-9-16(30(33)34)11-15(18)13-26/h9-12,27H,6-8H2,1-5H3,(H,31,32)/b29-28+. The predicted octanol–water partition coefficient (Wildman–Crippen LogP) is 6.13. The molecule has 1 heterocycles. The molecular weight excluding hydrogens is 466 g/mol. The summed E-state index contributed by atoms with van der Waals surface area (Å²) in [5.41, 5.74) is 3.28. The highest BCUT2D eigenvalue weighted by Gasteiger charge is 2.34. The Bertz CT molecular complexity index is 1320. The van der Waals surface area contributed by atoms with E-state index in [0.717, 1.165) is 28.5 Å². The number of carboxylic acids is 1. The Kier molecular flexibility index (Phi) is 7.58. The van der Waals surface area contributed by atoms with Crippen molar-refractivity contribution in [3.8, 4) is 17.6 Å². The molecule has 0 spiro atoms. The van der Waals surface area contributed by atoms with Crippen LogP contribution in [0.15, 0.2) is 40.1 Å². The maximum Gasteiger partial charge on any atom is 0.303 e. The molecule has 0 bridgehead atoms. The third-order valence-electron chi connectivity index (χ3n) is 6.06.